The van der Waals surface area contributed by atoms with Crippen molar-refractivity contribution in [1.82, 2.24) is 5.32 Å². The SMILES string of the molecule is O=C1CC2(CCCC3CC32)N1. The van der Waals surface area contributed by atoms with E-state index in [0.29, 0.717) is 5.54 Å². The molecule has 60 valence electrons. The van der Waals surface area contributed by atoms with Crippen molar-refractivity contribution in [2.24, 2.45) is 11.8 Å². The van der Waals surface area contributed by atoms with Crippen LogP contribution < -0.4 is 5.32 Å². The lowest BCUT2D eigenvalue weighted by Crippen LogP contribution is -2.63. The van der Waals surface area contributed by atoms with Crippen molar-refractivity contribution in [2.45, 2.75) is 37.6 Å². The van der Waals surface area contributed by atoms with Gasteiger partial charge in [0, 0.05) is 6.42 Å². The maximum absolute atomic E-state index is 10.8. The van der Waals surface area contributed by atoms with E-state index in [1.54, 1.807) is 0 Å². The van der Waals surface area contributed by atoms with Crippen molar-refractivity contribution in [3.63, 3.8) is 0 Å². The highest BCUT2D eigenvalue weighted by molar-refractivity contribution is 5.85. The molecule has 1 saturated heterocycles. The van der Waals surface area contributed by atoms with Gasteiger partial charge in [-0.3, -0.25) is 4.79 Å². The van der Waals surface area contributed by atoms with Crippen molar-refractivity contribution >= 4 is 5.91 Å². The second-order valence-electron chi connectivity index (χ2n) is 4.38. The third kappa shape index (κ3) is 0.652. The quantitative estimate of drug-likeness (QED) is 0.515. The molecule has 0 radical (unpaired) electrons. The molecule has 11 heavy (non-hydrogen) atoms. The summed E-state index contributed by atoms with van der Waals surface area (Å²) in [6, 6.07) is 0. The Balaban J connectivity index is 1.82. The Kier molecular flexibility index (Phi) is 0.890. The Labute approximate surface area is 66.4 Å². The molecule has 0 aromatic heterocycles. The average Bonchev–Trinajstić information content (AvgIpc) is 2.64. The average molecular weight is 151 g/mol. The summed E-state index contributed by atoms with van der Waals surface area (Å²) in [7, 11) is 0. The predicted octanol–water partition coefficient (Wildman–Crippen LogP) is 1.07. The zero-order valence-electron chi connectivity index (χ0n) is 6.60. The fourth-order valence-corrected chi connectivity index (χ4v) is 3.03. The van der Waals surface area contributed by atoms with Crippen LogP contribution in [0.4, 0.5) is 0 Å². The van der Waals surface area contributed by atoms with Crippen molar-refractivity contribution in [2.75, 3.05) is 0 Å². The first-order valence-corrected chi connectivity index (χ1v) is 4.61. The number of rotatable bonds is 0. The second kappa shape index (κ2) is 1.62. The number of carbonyl (C=O) groups is 1. The van der Waals surface area contributed by atoms with Gasteiger partial charge >= 0.3 is 0 Å². The summed E-state index contributed by atoms with van der Waals surface area (Å²) in [5.41, 5.74) is 0.306. The number of β-lactam (4-membered cyclic amide) rings is 1. The van der Waals surface area contributed by atoms with Crippen molar-refractivity contribution < 1.29 is 4.79 Å². The molecular formula is C9H13NO. The highest BCUT2D eigenvalue weighted by atomic mass is 16.2. The van der Waals surface area contributed by atoms with Crippen molar-refractivity contribution in [3.05, 3.63) is 0 Å². The summed E-state index contributed by atoms with van der Waals surface area (Å²) in [5, 5.41) is 3.11. The maximum atomic E-state index is 10.8. The molecule has 3 unspecified atom stereocenters. The second-order valence-corrected chi connectivity index (χ2v) is 4.38. The van der Waals surface area contributed by atoms with E-state index in [1.165, 1.54) is 25.7 Å². The van der Waals surface area contributed by atoms with E-state index in [0.717, 1.165) is 18.3 Å². The number of carbonyl (C=O) groups excluding carboxylic acids is 1. The normalized spacial score (nSPS) is 52.9. The molecule has 0 bridgehead atoms. The van der Waals surface area contributed by atoms with Gasteiger partial charge in [-0.2, -0.15) is 0 Å². The van der Waals surface area contributed by atoms with E-state index in [1.807, 2.05) is 0 Å². The van der Waals surface area contributed by atoms with Crippen LogP contribution in [-0.2, 0) is 4.79 Å². The summed E-state index contributed by atoms with van der Waals surface area (Å²) in [5.74, 6) is 2.12. The fraction of sp³-hybridized carbons (Fsp3) is 0.889. The van der Waals surface area contributed by atoms with E-state index in [2.05, 4.69) is 5.32 Å². The van der Waals surface area contributed by atoms with Gasteiger partial charge in [-0.25, -0.2) is 0 Å². The first kappa shape index (κ1) is 6.04. The zero-order chi connectivity index (χ0) is 7.47. The molecule has 1 heterocycles. The third-order valence-electron chi connectivity index (χ3n) is 3.69. The number of fused-ring (bicyclic) bond motifs is 2. The summed E-state index contributed by atoms with van der Waals surface area (Å²) in [6.45, 7) is 0. The van der Waals surface area contributed by atoms with Crippen LogP contribution in [-0.4, -0.2) is 11.4 Å². The summed E-state index contributed by atoms with van der Waals surface area (Å²) < 4.78 is 0. The standard InChI is InChI=1S/C9H13NO/c11-8-5-9(10-8)3-1-2-6-4-7(6)9/h6-7H,1-5H2,(H,10,11). The Hall–Kier alpha value is -0.530. The molecule has 3 atom stereocenters. The largest absolute Gasteiger partial charge is 0.350 e. The van der Waals surface area contributed by atoms with Gasteiger partial charge in [-0.05, 0) is 31.1 Å². The molecule has 1 spiro atoms. The number of hydrogen-bond acceptors (Lipinski definition) is 1. The minimum Gasteiger partial charge on any atom is -0.350 e. The molecule has 2 nitrogen and oxygen atoms in total. The maximum Gasteiger partial charge on any atom is 0.222 e. The highest BCUT2D eigenvalue weighted by Crippen LogP contribution is 2.57. The van der Waals surface area contributed by atoms with Gasteiger partial charge in [0.25, 0.3) is 0 Å². The Morgan fingerprint density at radius 2 is 2.36 bits per heavy atom. The highest BCUT2D eigenvalue weighted by Gasteiger charge is 2.59. The fourth-order valence-electron chi connectivity index (χ4n) is 3.03. The molecule has 3 rings (SSSR count). The molecule has 1 N–H and O–H groups in total. The Morgan fingerprint density at radius 1 is 1.55 bits per heavy atom. The van der Waals surface area contributed by atoms with Crippen LogP contribution in [0.1, 0.15) is 32.1 Å². The molecule has 0 aromatic carbocycles. The summed E-state index contributed by atoms with van der Waals surface area (Å²) in [6.07, 6.45) is 6.22. The Bertz CT molecular complexity index is 216. The van der Waals surface area contributed by atoms with Crippen LogP contribution >= 0.6 is 0 Å². The molecule has 1 aliphatic heterocycles. The Morgan fingerprint density at radius 3 is 3.09 bits per heavy atom. The molecule has 3 fully saturated rings. The van der Waals surface area contributed by atoms with Gasteiger partial charge in [0.1, 0.15) is 0 Å². The van der Waals surface area contributed by atoms with Crippen LogP contribution in [0, 0.1) is 11.8 Å². The summed E-state index contributed by atoms with van der Waals surface area (Å²) in [4.78, 5) is 10.8. The molecule has 1 amide bonds. The molecule has 2 aliphatic carbocycles. The smallest absolute Gasteiger partial charge is 0.222 e. The minimum atomic E-state index is 0.276. The van der Waals surface area contributed by atoms with Crippen LogP contribution in [0.15, 0.2) is 0 Å². The number of hydrogen-bond donors (Lipinski definition) is 1. The lowest BCUT2D eigenvalue weighted by molar-refractivity contribution is -0.134. The predicted molar refractivity (Wildman–Crippen MR) is 40.9 cm³/mol. The van der Waals surface area contributed by atoms with Gasteiger partial charge in [-0.1, -0.05) is 6.42 Å². The first-order chi connectivity index (χ1) is 5.30. The molecule has 0 aromatic rings. The van der Waals surface area contributed by atoms with Gasteiger partial charge in [0.2, 0.25) is 5.91 Å². The molecular weight excluding hydrogens is 138 g/mol. The van der Waals surface area contributed by atoms with E-state index >= 15 is 0 Å². The number of nitrogens with one attached hydrogen (secondary N) is 1. The van der Waals surface area contributed by atoms with Crippen LogP contribution in [0.2, 0.25) is 0 Å². The van der Waals surface area contributed by atoms with Crippen LogP contribution in [0.3, 0.4) is 0 Å². The van der Waals surface area contributed by atoms with E-state index in [9.17, 15) is 4.79 Å². The van der Waals surface area contributed by atoms with Crippen LogP contribution in [0.5, 0.6) is 0 Å². The van der Waals surface area contributed by atoms with Gasteiger partial charge < -0.3 is 5.32 Å². The van der Waals surface area contributed by atoms with E-state index in [-0.39, 0.29) is 5.91 Å². The van der Waals surface area contributed by atoms with E-state index in [4.69, 9.17) is 0 Å². The molecule has 3 aliphatic rings. The summed E-state index contributed by atoms with van der Waals surface area (Å²) >= 11 is 0. The minimum absolute atomic E-state index is 0.276. The topological polar surface area (TPSA) is 29.1 Å². The lowest BCUT2D eigenvalue weighted by Gasteiger charge is -2.45. The monoisotopic (exact) mass is 151 g/mol. The van der Waals surface area contributed by atoms with Gasteiger partial charge in [0.05, 0.1) is 5.54 Å². The van der Waals surface area contributed by atoms with Crippen LogP contribution in [0.25, 0.3) is 0 Å². The molecule has 2 saturated carbocycles. The van der Waals surface area contributed by atoms with E-state index < -0.39 is 0 Å². The zero-order valence-corrected chi connectivity index (χ0v) is 6.60. The lowest BCUT2D eigenvalue weighted by atomic mass is 9.74. The van der Waals surface area contributed by atoms with Crippen molar-refractivity contribution in [3.8, 4) is 0 Å². The number of amides is 1. The van der Waals surface area contributed by atoms with Gasteiger partial charge in [-0.15, -0.1) is 0 Å². The molecule has 2 heteroatoms. The third-order valence-corrected chi connectivity index (χ3v) is 3.69. The van der Waals surface area contributed by atoms with Crippen molar-refractivity contribution in [1.29, 1.82) is 0 Å². The van der Waals surface area contributed by atoms with Gasteiger partial charge in [0.15, 0.2) is 0 Å². The first-order valence-electron chi connectivity index (χ1n) is 4.61.